The van der Waals surface area contributed by atoms with Gasteiger partial charge in [0.1, 0.15) is 11.4 Å². The van der Waals surface area contributed by atoms with Gasteiger partial charge in [-0.05, 0) is 18.2 Å². The lowest BCUT2D eigenvalue weighted by atomic mass is 10.2. The zero-order valence-corrected chi connectivity index (χ0v) is 10.0. The molecule has 1 aromatic carbocycles. The maximum absolute atomic E-state index is 10.5. The number of aldehydes is 1. The largest absolute Gasteiger partial charge is 0.496 e. The molecule has 0 aliphatic heterocycles. The van der Waals surface area contributed by atoms with Crippen LogP contribution in [0.5, 0.6) is 5.75 Å². The average molecular weight is 251 g/mol. The average Bonchev–Trinajstić information content (AvgIpc) is 2.77. The van der Waals surface area contributed by atoms with Crippen LogP contribution in [-0.4, -0.2) is 22.9 Å². The Morgan fingerprint density at radius 1 is 1.53 bits per heavy atom. The molecule has 2 rings (SSSR count). The SMILES string of the molecule is COc1ccc(Cl)cc1Cn1cnc(C=O)c1. The van der Waals surface area contributed by atoms with E-state index < -0.39 is 0 Å². The number of halogens is 1. The minimum atomic E-state index is 0.408. The number of hydrogen-bond donors (Lipinski definition) is 0. The first kappa shape index (κ1) is 11.7. The van der Waals surface area contributed by atoms with Gasteiger partial charge in [-0.2, -0.15) is 0 Å². The molecule has 0 aliphatic carbocycles. The highest BCUT2D eigenvalue weighted by atomic mass is 35.5. The van der Waals surface area contributed by atoms with Gasteiger partial charge >= 0.3 is 0 Å². The normalized spacial score (nSPS) is 10.2. The van der Waals surface area contributed by atoms with Crippen molar-refractivity contribution in [2.24, 2.45) is 0 Å². The van der Waals surface area contributed by atoms with Crippen molar-refractivity contribution >= 4 is 17.9 Å². The number of ether oxygens (including phenoxy) is 1. The van der Waals surface area contributed by atoms with Crippen molar-refractivity contribution in [1.29, 1.82) is 0 Å². The van der Waals surface area contributed by atoms with Crippen LogP contribution in [0.1, 0.15) is 16.1 Å². The number of imidazole rings is 1. The fourth-order valence-corrected chi connectivity index (χ4v) is 1.79. The van der Waals surface area contributed by atoms with E-state index in [-0.39, 0.29) is 0 Å². The summed E-state index contributed by atoms with van der Waals surface area (Å²) < 4.78 is 7.05. The molecule has 0 amide bonds. The molecule has 0 radical (unpaired) electrons. The summed E-state index contributed by atoms with van der Waals surface area (Å²) in [5.41, 5.74) is 1.35. The van der Waals surface area contributed by atoms with Crippen LogP contribution in [-0.2, 0) is 6.54 Å². The van der Waals surface area contributed by atoms with E-state index in [1.54, 1.807) is 30.3 Å². The maximum Gasteiger partial charge on any atom is 0.169 e. The number of hydrogen-bond acceptors (Lipinski definition) is 3. The minimum Gasteiger partial charge on any atom is -0.496 e. The highest BCUT2D eigenvalue weighted by Crippen LogP contribution is 2.23. The third-order valence-electron chi connectivity index (χ3n) is 2.37. The van der Waals surface area contributed by atoms with Crippen LogP contribution in [0.4, 0.5) is 0 Å². The molecule has 0 aliphatic rings. The Hall–Kier alpha value is -1.81. The summed E-state index contributed by atoms with van der Waals surface area (Å²) in [6, 6.07) is 5.42. The van der Waals surface area contributed by atoms with E-state index in [1.165, 1.54) is 0 Å². The van der Waals surface area contributed by atoms with Gasteiger partial charge in [-0.25, -0.2) is 4.98 Å². The molecule has 1 aromatic heterocycles. The molecule has 1 heterocycles. The molecule has 2 aromatic rings. The lowest BCUT2D eigenvalue weighted by molar-refractivity contribution is 0.111. The Labute approximate surface area is 104 Å². The van der Waals surface area contributed by atoms with Crippen LogP contribution in [0.25, 0.3) is 0 Å². The summed E-state index contributed by atoms with van der Waals surface area (Å²) in [5, 5.41) is 0.650. The zero-order valence-electron chi connectivity index (χ0n) is 9.26. The van der Waals surface area contributed by atoms with Gasteiger partial charge in [0.25, 0.3) is 0 Å². The van der Waals surface area contributed by atoms with Crippen LogP contribution < -0.4 is 4.74 Å². The monoisotopic (exact) mass is 250 g/mol. The lowest BCUT2D eigenvalue weighted by Crippen LogP contribution is -1.99. The van der Waals surface area contributed by atoms with Crippen molar-refractivity contribution in [2.75, 3.05) is 7.11 Å². The molecule has 0 spiro atoms. The molecule has 0 N–H and O–H groups in total. The van der Waals surface area contributed by atoms with E-state index in [1.807, 2.05) is 12.1 Å². The van der Waals surface area contributed by atoms with Crippen molar-refractivity contribution in [3.8, 4) is 5.75 Å². The van der Waals surface area contributed by atoms with Gasteiger partial charge < -0.3 is 9.30 Å². The van der Waals surface area contributed by atoms with Crippen molar-refractivity contribution in [3.05, 3.63) is 47.0 Å². The Balaban J connectivity index is 2.28. The fourth-order valence-electron chi connectivity index (χ4n) is 1.59. The minimum absolute atomic E-state index is 0.408. The summed E-state index contributed by atoms with van der Waals surface area (Å²) in [6.45, 7) is 0.560. The fraction of sp³-hybridized carbons (Fsp3) is 0.167. The molecular formula is C12H11ClN2O2. The summed E-state index contributed by atoms with van der Waals surface area (Å²) in [7, 11) is 1.61. The van der Waals surface area contributed by atoms with Crippen LogP contribution in [0.2, 0.25) is 5.02 Å². The molecule has 0 atom stereocenters. The second-order valence-corrected chi connectivity index (χ2v) is 3.98. The molecule has 0 bridgehead atoms. The van der Waals surface area contributed by atoms with Gasteiger partial charge in [-0.1, -0.05) is 11.6 Å². The van der Waals surface area contributed by atoms with E-state index in [0.29, 0.717) is 23.5 Å². The number of methoxy groups -OCH3 is 1. The molecule has 0 saturated carbocycles. The Kier molecular flexibility index (Phi) is 3.44. The number of nitrogens with zero attached hydrogens (tertiary/aromatic N) is 2. The van der Waals surface area contributed by atoms with Crippen molar-refractivity contribution in [2.45, 2.75) is 6.54 Å². The van der Waals surface area contributed by atoms with Crippen LogP contribution in [0.3, 0.4) is 0 Å². The highest BCUT2D eigenvalue weighted by Gasteiger charge is 2.05. The van der Waals surface area contributed by atoms with Gasteiger partial charge in [-0.15, -0.1) is 0 Å². The summed E-state index contributed by atoms with van der Waals surface area (Å²) >= 11 is 5.94. The van der Waals surface area contributed by atoms with Crippen LogP contribution >= 0.6 is 11.6 Å². The van der Waals surface area contributed by atoms with E-state index >= 15 is 0 Å². The van der Waals surface area contributed by atoms with Gasteiger partial charge in [-0.3, -0.25) is 4.79 Å². The Morgan fingerprint density at radius 2 is 2.35 bits per heavy atom. The number of aromatic nitrogens is 2. The Bertz CT molecular complexity index is 537. The first-order valence-electron chi connectivity index (χ1n) is 5.02. The van der Waals surface area contributed by atoms with Gasteiger partial charge in [0.05, 0.1) is 20.0 Å². The number of rotatable bonds is 4. The van der Waals surface area contributed by atoms with Crippen molar-refractivity contribution in [1.82, 2.24) is 9.55 Å². The Morgan fingerprint density at radius 3 is 3.00 bits per heavy atom. The molecule has 0 saturated heterocycles. The van der Waals surface area contributed by atoms with Crippen LogP contribution in [0, 0.1) is 0 Å². The second-order valence-electron chi connectivity index (χ2n) is 3.54. The predicted molar refractivity (Wildman–Crippen MR) is 64.7 cm³/mol. The molecule has 0 fully saturated rings. The molecule has 4 nitrogen and oxygen atoms in total. The van der Waals surface area contributed by atoms with Crippen molar-refractivity contribution in [3.63, 3.8) is 0 Å². The molecule has 5 heteroatoms. The van der Waals surface area contributed by atoms with Gasteiger partial charge in [0.2, 0.25) is 0 Å². The maximum atomic E-state index is 10.5. The molecule has 0 unspecified atom stereocenters. The summed E-state index contributed by atoms with van der Waals surface area (Å²) in [5.74, 6) is 0.760. The predicted octanol–water partition coefficient (Wildman–Crippen LogP) is 2.41. The number of benzene rings is 1. The van der Waals surface area contributed by atoms with E-state index in [0.717, 1.165) is 11.3 Å². The number of carbonyl (C=O) groups excluding carboxylic acids is 1. The lowest BCUT2D eigenvalue weighted by Gasteiger charge is -2.09. The first-order valence-corrected chi connectivity index (χ1v) is 5.40. The quantitative estimate of drug-likeness (QED) is 0.783. The van der Waals surface area contributed by atoms with E-state index in [2.05, 4.69) is 4.98 Å². The second kappa shape index (κ2) is 5.01. The van der Waals surface area contributed by atoms with Crippen LogP contribution in [0.15, 0.2) is 30.7 Å². The standard InChI is InChI=1S/C12H11ClN2O2/c1-17-12-3-2-10(13)4-9(12)5-15-6-11(7-16)14-8-15/h2-4,6-8H,5H2,1H3. The van der Waals surface area contributed by atoms with Gasteiger partial charge in [0.15, 0.2) is 6.29 Å². The third kappa shape index (κ3) is 2.65. The first-order chi connectivity index (χ1) is 8.22. The topological polar surface area (TPSA) is 44.1 Å². The molecular weight excluding hydrogens is 240 g/mol. The number of carbonyl (C=O) groups is 1. The van der Waals surface area contributed by atoms with E-state index in [9.17, 15) is 4.79 Å². The van der Waals surface area contributed by atoms with Gasteiger partial charge in [0, 0.05) is 16.8 Å². The molecule has 17 heavy (non-hydrogen) atoms. The smallest absolute Gasteiger partial charge is 0.169 e. The molecule has 88 valence electrons. The van der Waals surface area contributed by atoms with E-state index in [4.69, 9.17) is 16.3 Å². The summed E-state index contributed by atoms with van der Waals surface area (Å²) in [6.07, 6.45) is 3.99. The highest BCUT2D eigenvalue weighted by molar-refractivity contribution is 6.30. The third-order valence-corrected chi connectivity index (χ3v) is 2.60. The summed E-state index contributed by atoms with van der Waals surface area (Å²) in [4.78, 5) is 14.5. The zero-order chi connectivity index (χ0) is 12.3. The van der Waals surface area contributed by atoms with Crippen molar-refractivity contribution < 1.29 is 9.53 Å².